The highest BCUT2D eigenvalue weighted by molar-refractivity contribution is 7.17. The van der Waals surface area contributed by atoms with Crippen LogP contribution in [0, 0.1) is 5.92 Å². The molecule has 3 rings (SSSR count). The van der Waals surface area contributed by atoms with Crippen molar-refractivity contribution in [3.63, 3.8) is 0 Å². The molecule has 1 aliphatic heterocycles. The van der Waals surface area contributed by atoms with E-state index in [2.05, 4.69) is 67.6 Å². The summed E-state index contributed by atoms with van der Waals surface area (Å²) in [5.41, 5.74) is 1.70. The quantitative estimate of drug-likeness (QED) is 0.918. The van der Waals surface area contributed by atoms with Gasteiger partial charge in [0.15, 0.2) is 0 Å². The average molecular weight is 302 g/mol. The Morgan fingerprint density at radius 2 is 2.10 bits per heavy atom. The Bertz CT molecular complexity index is 614. The Balaban J connectivity index is 1.84. The molecule has 0 amide bonds. The molecule has 1 N–H and O–H groups in total. The standard InChI is InChI=1S/C18H26N2S/c1-13(2)16-10-20(18(3,4)12-19-16)9-14-11-21-17-8-6-5-7-15(14)17/h5-8,11,13,16,19H,9-10,12H2,1-4H3. The average Bonchev–Trinajstić information content (AvgIpc) is 2.84. The molecule has 1 unspecified atom stereocenters. The molecule has 0 aliphatic carbocycles. The fourth-order valence-electron chi connectivity index (χ4n) is 3.13. The summed E-state index contributed by atoms with van der Waals surface area (Å²) in [6.45, 7) is 12.6. The Morgan fingerprint density at radius 1 is 1.33 bits per heavy atom. The lowest BCUT2D eigenvalue weighted by molar-refractivity contribution is 0.0479. The van der Waals surface area contributed by atoms with Gasteiger partial charge in [0, 0.05) is 35.9 Å². The van der Waals surface area contributed by atoms with Crippen LogP contribution in [-0.4, -0.2) is 29.6 Å². The second-order valence-corrected chi connectivity index (χ2v) is 8.09. The van der Waals surface area contributed by atoms with E-state index in [1.165, 1.54) is 15.6 Å². The molecule has 2 aromatic rings. The lowest BCUT2D eigenvalue weighted by Gasteiger charge is -2.47. The van der Waals surface area contributed by atoms with Crippen molar-refractivity contribution in [3.8, 4) is 0 Å². The number of hydrogen-bond donors (Lipinski definition) is 1. The second-order valence-electron chi connectivity index (χ2n) is 7.18. The van der Waals surface area contributed by atoms with Gasteiger partial charge in [-0.25, -0.2) is 0 Å². The number of rotatable bonds is 3. The van der Waals surface area contributed by atoms with Gasteiger partial charge in [-0.05, 0) is 42.2 Å². The third-order valence-corrected chi connectivity index (χ3v) is 5.81. The summed E-state index contributed by atoms with van der Waals surface area (Å²) in [6, 6.07) is 9.37. The molecule has 21 heavy (non-hydrogen) atoms. The van der Waals surface area contributed by atoms with Crippen molar-refractivity contribution in [1.29, 1.82) is 0 Å². The van der Waals surface area contributed by atoms with E-state index in [1.54, 1.807) is 0 Å². The van der Waals surface area contributed by atoms with Crippen LogP contribution in [-0.2, 0) is 6.54 Å². The minimum absolute atomic E-state index is 0.217. The van der Waals surface area contributed by atoms with Gasteiger partial charge in [-0.15, -0.1) is 11.3 Å². The summed E-state index contributed by atoms with van der Waals surface area (Å²) >= 11 is 1.87. The van der Waals surface area contributed by atoms with Crippen LogP contribution in [0.25, 0.3) is 10.1 Å². The van der Waals surface area contributed by atoms with Gasteiger partial charge in [-0.2, -0.15) is 0 Å². The highest BCUT2D eigenvalue weighted by Crippen LogP contribution is 2.30. The van der Waals surface area contributed by atoms with Crippen LogP contribution in [0.1, 0.15) is 33.3 Å². The van der Waals surface area contributed by atoms with Crippen LogP contribution in [0.2, 0.25) is 0 Å². The molecular weight excluding hydrogens is 276 g/mol. The maximum Gasteiger partial charge on any atom is 0.0346 e. The van der Waals surface area contributed by atoms with Gasteiger partial charge < -0.3 is 5.32 Å². The zero-order valence-corrected chi connectivity index (χ0v) is 14.3. The number of hydrogen-bond acceptors (Lipinski definition) is 3. The first-order valence-electron chi connectivity index (χ1n) is 7.91. The van der Waals surface area contributed by atoms with Gasteiger partial charge in [0.1, 0.15) is 0 Å². The summed E-state index contributed by atoms with van der Waals surface area (Å²) in [4.78, 5) is 2.66. The predicted octanol–water partition coefficient (Wildman–Crippen LogP) is 4.11. The zero-order chi connectivity index (χ0) is 15.0. The third-order valence-electron chi connectivity index (χ3n) is 4.80. The van der Waals surface area contributed by atoms with E-state index in [9.17, 15) is 0 Å². The fourth-order valence-corrected chi connectivity index (χ4v) is 4.08. The SMILES string of the molecule is CC(C)C1CN(Cc2csc3ccccc23)C(C)(C)CN1. The Kier molecular flexibility index (Phi) is 4.08. The molecule has 114 valence electrons. The van der Waals surface area contributed by atoms with E-state index in [0.717, 1.165) is 19.6 Å². The van der Waals surface area contributed by atoms with Crippen molar-refractivity contribution < 1.29 is 0 Å². The number of nitrogens with zero attached hydrogens (tertiary/aromatic N) is 1. The summed E-state index contributed by atoms with van der Waals surface area (Å²) in [7, 11) is 0. The van der Waals surface area contributed by atoms with Crippen molar-refractivity contribution in [2.24, 2.45) is 5.92 Å². The van der Waals surface area contributed by atoms with Crippen molar-refractivity contribution in [2.75, 3.05) is 13.1 Å². The Hall–Kier alpha value is -0.900. The second kappa shape index (κ2) is 5.71. The van der Waals surface area contributed by atoms with Crippen LogP contribution >= 0.6 is 11.3 Å². The van der Waals surface area contributed by atoms with Gasteiger partial charge in [-0.1, -0.05) is 32.0 Å². The number of benzene rings is 1. The molecule has 1 aromatic carbocycles. The first-order valence-corrected chi connectivity index (χ1v) is 8.79. The first-order chi connectivity index (χ1) is 9.97. The number of thiophene rings is 1. The molecule has 1 aliphatic rings. The lowest BCUT2D eigenvalue weighted by Crippen LogP contribution is -2.62. The molecule has 0 spiro atoms. The highest BCUT2D eigenvalue weighted by Gasteiger charge is 2.35. The molecule has 1 aromatic heterocycles. The number of piperazine rings is 1. The largest absolute Gasteiger partial charge is 0.311 e. The monoisotopic (exact) mass is 302 g/mol. The third kappa shape index (κ3) is 3.01. The van der Waals surface area contributed by atoms with Gasteiger partial charge in [0.25, 0.3) is 0 Å². The van der Waals surface area contributed by atoms with Gasteiger partial charge in [0.2, 0.25) is 0 Å². The van der Waals surface area contributed by atoms with Crippen LogP contribution < -0.4 is 5.32 Å². The van der Waals surface area contributed by atoms with E-state index in [4.69, 9.17) is 0 Å². The van der Waals surface area contributed by atoms with E-state index in [0.29, 0.717) is 12.0 Å². The molecule has 3 heteroatoms. The molecule has 1 fully saturated rings. The van der Waals surface area contributed by atoms with Crippen molar-refractivity contribution in [2.45, 2.75) is 45.8 Å². The molecule has 0 bridgehead atoms. The molecule has 0 radical (unpaired) electrons. The van der Waals surface area contributed by atoms with Crippen LogP contribution in [0.15, 0.2) is 29.6 Å². The van der Waals surface area contributed by atoms with Gasteiger partial charge in [-0.3, -0.25) is 4.90 Å². The molecule has 1 atom stereocenters. The topological polar surface area (TPSA) is 15.3 Å². The van der Waals surface area contributed by atoms with E-state index in [-0.39, 0.29) is 5.54 Å². The Labute approximate surface area is 132 Å². The summed E-state index contributed by atoms with van der Waals surface area (Å²) in [6.07, 6.45) is 0. The predicted molar refractivity (Wildman–Crippen MR) is 92.9 cm³/mol. The number of nitrogens with one attached hydrogen (secondary N) is 1. The molecule has 1 saturated heterocycles. The molecule has 2 heterocycles. The molecular formula is C18H26N2S. The van der Waals surface area contributed by atoms with Crippen molar-refractivity contribution in [1.82, 2.24) is 10.2 Å². The first kappa shape index (κ1) is 15.0. The minimum Gasteiger partial charge on any atom is -0.311 e. The van der Waals surface area contributed by atoms with Gasteiger partial charge in [0.05, 0.1) is 0 Å². The fraction of sp³-hybridized carbons (Fsp3) is 0.556. The minimum atomic E-state index is 0.217. The molecule has 0 saturated carbocycles. The highest BCUT2D eigenvalue weighted by atomic mass is 32.1. The summed E-state index contributed by atoms with van der Waals surface area (Å²) in [5, 5.41) is 7.49. The summed E-state index contributed by atoms with van der Waals surface area (Å²) in [5.74, 6) is 0.683. The summed E-state index contributed by atoms with van der Waals surface area (Å²) < 4.78 is 1.40. The Morgan fingerprint density at radius 3 is 2.86 bits per heavy atom. The van der Waals surface area contributed by atoms with Crippen LogP contribution in [0.3, 0.4) is 0 Å². The van der Waals surface area contributed by atoms with Crippen LogP contribution in [0.4, 0.5) is 0 Å². The maximum atomic E-state index is 3.72. The van der Waals surface area contributed by atoms with Crippen molar-refractivity contribution in [3.05, 3.63) is 35.2 Å². The number of fused-ring (bicyclic) bond motifs is 1. The van der Waals surface area contributed by atoms with E-state index >= 15 is 0 Å². The van der Waals surface area contributed by atoms with Crippen LogP contribution in [0.5, 0.6) is 0 Å². The maximum absolute atomic E-state index is 3.72. The smallest absolute Gasteiger partial charge is 0.0346 e. The van der Waals surface area contributed by atoms with Crippen molar-refractivity contribution >= 4 is 21.4 Å². The normalized spacial score (nSPS) is 23.0. The van der Waals surface area contributed by atoms with E-state index in [1.807, 2.05) is 11.3 Å². The van der Waals surface area contributed by atoms with Gasteiger partial charge >= 0.3 is 0 Å². The van der Waals surface area contributed by atoms with E-state index < -0.39 is 0 Å². The molecule has 2 nitrogen and oxygen atoms in total. The zero-order valence-electron chi connectivity index (χ0n) is 13.5. The lowest BCUT2D eigenvalue weighted by atomic mass is 9.92.